The highest BCUT2D eigenvalue weighted by Crippen LogP contribution is 2.27. The SMILES string of the molecule is CCCC(=O)Nc1cccc2cc(OC)ccc12. The van der Waals surface area contributed by atoms with Gasteiger partial charge in [0.2, 0.25) is 5.91 Å². The highest BCUT2D eigenvalue weighted by atomic mass is 16.5. The number of fused-ring (bicyclic) bond motifs is 1. The van der Waals surface area contributed by atoms with Crippen molar-refractivity contribution in [2.45, 2.75) is 19.8 Å². The summed E-state index contributed by atoms with van der Waals surface area (Å²) in [7, 11) is 1.65. The highest BCUT2D eigenvalue weighted by molar-refractivity contribution is 6.02. The molecule has 0 saturated heterocycles. The molecule has 2 aromatic carbocycles. The van der Waals surface area contributed by atoms with Gasteiger partial charge in [-0.05, 0) is 36.1 Å². The molecule has 0 aliphatic rings. The number of carbonyl (C=O) groups is 1. The summed E-state index contributed by atoms with van der Waals surface area (Å²) < 4.78 is 5.19. The van der Waals surface area contributed by atoms with Crippen LogP contribution < -0.4 is 10.1 Å². The molecule has 0 atom stereocenters. The van der Waals surface area contributed by atoms with E-state index in [0.29, 0.717) is 6.42 Å². The van der Waals surface area contributed by atoms with E-state index in [2.05, 4.69) is 5.32 Å². The van der Waals surface area contributed by atoms with E-state index in [1.165, 1.54) is 0 Å². The van der Waals surface area contributed by atoms with Crippen molar-refractivity contribution in [2.24, 2.45) is 0 Å². The fourth-order valence-corrected chi connectivity index (χ4v) is 1.94. The number of benzene rings is 2. The lowest BCUT2D eigenvalue weighted by Crippen LogP contribution is -2.10. The molecular formula is C15H17NO2. The van der Waals surface area contributed by atoms with Crippen molar-refractivity contribution in [1.29, 1.82) is 0 Å². The quantitative estimate of drug-likeness (QED) is 0.891. The number of nitrogens with one attached hydrogen (secondary N) is 1. The van der Waals surface area contributed by atoms with E-state index in [4.69, 9.17) is 4.74 Å². The van der Waals surface area contributed by atoms with Gasteiger partial charge in [-0.15, -0.1) is 0 Å². The number of hydrogen-bond acceptors (Lipinski definition) is 2. The summed E-state index contributed by atoms with van der Waals surface area (Å²) in [6.07, 6.45) is 1.40. The lowest BCUT2D eigenvalue weighted by molar-refractivity contribution is -0.116. The maximum absolute atomic E-state index is 11.6. The van der Waals surface area contributed by atoms with Gasteiger partial charge in [0.05, 0.1) is 7.11 Å². The molecule has 0 aromatic heterocycles. The second-order valence-corrected chi connectivity index (χ2v) is 4.19. The van der Waals surface area contributed by atoms with Crippen LogP contribution >= 0.6 is 0 Å². The van der Waals surface area contributed by atoms with Gasteiger partial charge in [0, 0.05) is 17.5 Å². The molecule has 2 rings (SSSR count). The summed E-state index contributed by atoms with van der Waals surface area (Å²) >= 11 is 0. The minimum absolute atomic E-state index is 0.0563. The van der Waals surface area contributed by atoms with Crippen LogP contribution in [0.1, 0.15) is 19.8 Å². The van der Waals surface area contributed by atoms with E-state index < -0.39 is 0 Å². The number of rotatable bonds is 4. The van der Waals surface area contributed by atoms with Crippen LogP contribution in [0.25, 0.3) is 10.8 Å². The molecule has 0 heterocycles. The summed E-state index contributed by atoms with van der Waals surface area (Å²) in [5.74, 6) is 0.875. The Morgan fingerprint density at radius 2 is 2.11 bits per heavy atom. The second-order valence-electron chi connectivity index (χ2n) is 4.19. The van der Waals surface area contributed by atoms with Gasteiger partial charge in [0.25, 0.3) is 0 Å². The van der Waals surface area contributed by atoms with Gasteiger partial charge >= 0.3 is 0 Å². The van der Waals surface area contributed by atoms with Gasteiger partial charge in [-0.2, -0.15) is 0 Å². The topological polar surface area (TPSA) is 38.3 Å². The van der Waals surface area contributed by atoms with E-state index in [0.717, 1.165) is 28.6 Å². The van der Waals surface area contributed by atoms with E-state index >= 15 is 0 Å². The smallest absolute Gasteiger partial charge is 0.224 e. The van der Waals surface area contributed by atoms with Crippen LogP contribution in [0, 0.1) is 0 Å². The van der Waals surface area contributed by atoms with Crippen molar-refractivity contribution in [2.75, 3.05) is 12.4 Å². The molecule has 18 heavy (non-hydrogen) atoms. The largest absolute Gasteiger partial charge is 0.497 e. The Hall–Kier alpha value is -2.03. The Balaban J connectivity index is 2.36. The van der Waals surface area contributed by atoms with Crippen molar-refractivity contribution in [3.05, 3.63) is 36.4 Å². The number of methoxy groups -OCH3 is 1. The van der Waals surface area contributed by atoms with Crippen molar-refractivity contribution in [3.8, 4) is 5.75 Å². The van der Waals surface area contributed by atoms with Crippen LogP contribution in [0.3, 0.4) is 0 Å². The first-order chi connectivity index (χ1) is 8.74. The van der Waals surface area contributed by atoms with Gasteiger partial charge in [0.1, 0.15) is 5.75 Å². The average Bonchev–Trinajstić information content (AvgIpc) is 2.38. The molecule has 3 heteroatoms. The number of ether oxygens (including phenoxy) is 1. The van der Waals surface area contributed by atoms with Gasteiger partial charge in [-0.3, -0.25) is 4.79 Å². The van der Waals surface area contributed by atoms with Gasteiger partial charge in [0.15, 0.2) is 0 Å². The molecule has 0 aliphatic carbocycles. The number of amides is 1. The van der Waals surface area contributed by atoms with Crippen LogP contribution in [0.15, 0.2) is 36.4 Å². The van der Waals surface area contributed by atoms with Crippen LogP contribution in [-0.4, -0.2) is 13.0 Å². The maximum atomic E-state index is 11.6. The van der Waals surface area contributed by atoms with Crippen molar-refractivity contribution >= 4 is 22.4 Å². The molecule has 0 spiro atoms. The summed E-state index contributed by atoms with van der Waals surface area (Å²) in [6, 6.07) is 11.7. The van der Waals surface area contributed by atoms with Crippen LogP contribution in [0.4, 0.5) is 5.69 Å². The molecular weight excluding hydrogens is 226 g/mol. The van der Waals surface area contributed by atoms with Crippen LogP contribution in [0.5, 0.6) is 5.75 Å². The lowest BCUT2D eigenvalue weighted by atomic mass is 10.1. The molecule has 0 saturated carbocycles. The summed E-state index contributed by atoms with van der Waals surface area (Å²) in [5, 5.41) is 5.03. The molecule has 3 nitrogen and oxygen atoms in total. The van der Waals surface area contributed by atoms with E-state index in [-0.39, 0.29) is 5.91 Å². The predicted octanol–water partition coefficient (Wildman–Crippen LogP) is 3.59. The zero-order valence-corrected chi connectivity index (χ0v) is 10.7. The first kappa shape index (κ1) is 12.4. The Kier molecular flexibility index (Phi) is 3.82. The molecule has 0 unspecified atom stereocenters. The molecule has 94 valence electrons. The Morgan fingerprint density at radius 3 is 2.83 bits per heavy atom. The molecule has 1 amide bonds. The van der Waals surface area contributed by atoms with Crippen LogP contribution in [0.2, 0.25) is 0 Å². The van der Waals surface area contributed by atoms with Crippen LogP contribution in [-0.2, 0) is 4.79 Å². The third-order valence-electron chi connectivity index (χ3n) is 2.84. The van der Waals surface area contributed by atoms with E-state index in [1.807, 2.05) is 43.3 Å². The molecule has 2 aromatic rings. The predicted molar refractivity (Wildman–Crippen MR) is 74.0 cm³/mol. The van der Waals surface area contributed by atoms with Crippen molar-refractivity contribution < 1.29 is 9.53 Å². The van der Waals surface area contributed by atoms with Crippen molar-refractivity contribution in [3.63, 3.8) is 0 Å². The fraction of sp³-hybridized carbons (Fsp3) is 0.267. The van der Waals surface area contributed by atoms with Crippen molar-refractivity contribution in [1.82, 2.24) is 0 Å². The fourth-order valence-electron chi connectivity index (χ4n) is 1.94. The minimum Gasteiger partial charge on any atom is -0.497 e. The number of hydrogen-bond donors (Lipinski definition) is 1. The Bertz CT molecular complexity index is 563. The van der Waals surface area contributed by atoms with Gasteiger partial charge < -0.3 is 10.1 Å². The van der Waals surface area contributed by atoms with E-state index in [9.17, 15) is 4.79 Å². The first-order valence-electron chi connectivity index (χ1n) is 6.11. The molecule has 1 N–H and O–H groups in total. The summed E-state index contributed by atoms with van der Waals surface area (Å²) in [4.78, 5) is 11.6. The normalized spacial score (nSPS) is 10.3. The molecule has 0 aliphatic heterocycles. The van der Waals surface area contributed by atoms with Gasteiger partial charge in [-0.25, -0.2) is 0 Å². The molecule has 0 bridgehead atoms. The lowest BCUT2D eigenvalue weighted by Gasteiger charge is -2.09. The zero-order valence-electron chi connectivity index (χ0n) is 10.7. The average molecular weight is 243 g/mol. The Labute approximate surface area is 107 Å². The third kappa shape index (κ3) is 2.62. The second kappa shape index (κ2) is 5.54. The maximum Gasteiger partial charge on any atom is 0.224 e. The standard InChI is InChI=1S/C15H17NO2/c1-3-5-15(17)16-14-7-4-6-11-10-12(18-2)8-9-13(11)14/h4,6-10H,3,5H2,1-2H3,(H,16,17). The minimum atomic E-state index is 0.0563. The van der Waals surface area contributed by atoms with E-state index in [1.54, 1.807) is 7.11 Å². The summed E-state index contributed by atoms with van der Waals surface area (Å²) in [5.41, 5.74) is 0.855. The molecule has 0 fully saturated rings. The summed E-state index contributed by atoms with van der Waals surface area (Å²) in [6.45, 7) is 1.99. The monoisotopic (exact) mass is 243 g/mol. The van der Waals surface area contributed by atoms with Gasteiger partial charge in [-0.1, -0.05) is 19.1 Å². The Morgan fingerprint density at radius 1 is 1.28 bits per heavy atom. The number of anilines is 1. The molecule has 0 radical (unpaired) electrons. The highest BCUT2D eigenvalue weighted by Gasteiger charge is 2.05. The first-order valence-corrected chi connectivity index (χ1v) is 6.11. The third-order valence-corrected chi connectivity index (χ3v) is 2.84. The zero-order chi connectivity index (χ0) is 13.0. The number of carbonyl (C=O) groups excluding carboxylic acids is 1.